The van der Waals surface area contributed by atoms with Crippen LogP contribution in [0.5, 0.6) is 0 Å². The zero-order chi connectivity index (χ0) is 12.1. The maximum atomic E-state index is 12.4. The molecule has 2 aliphatic rings. The Kier molecular flexibility index (Phi) is 2.10. The molecule has 0 atom stereocenters. The van der Waals surface area contributed by atoms with E-state index < -0.39 is 5.54 Å². The fraction of sp³-hybridized carbons (Fsp3) is 0.667. The largest absolute Gasteiger partial charge is 0.380 e. The van der Waals surface area contributed by atoms with Crippen molar-refractivity contribution in [1.29, 1.82) is 0 Å². The summed E-state index contributed by atoms with van der Waals surface area (Å²) >= 11 is 0. The van der Waals surface area contributed by atoms with Gasteiger partial charge in [0.25, 0.3) is 0 Å². The van der Waals surface area contributed by atoms with Crippen molar-refractivity contribution >= 4 is 5.91 Å². The molecule has 92 valence electrons. The SMILES string of the molecule is CC(C)(C(=O)N1CC2(COC2)C1)n1cccn1. The molecule has 1 spiro atoms. The van der Waals surface area contributed by atoms with E-state index in [9.17, 15) is 4.79 Å². The first-order chi connectivity index (χ1) is 8.04. The lowest BCUT2D eigenvalue weighted by Gasteiger charge is -2.56. The third-order valence-corrected chi connectivity index (χ3v) is 3.76. The molecule has 5 heteroatoms. The highest BCUT2D eigenvalue weighted by Crippen LogP contribution is 2.39. The van der Waals surface area contributed by atoms with Crippen LogP contribution in [0, 0.1) is 5.41 Å². The minimum Gasteiger partial charge on any atom is -0.380 e. The fourth-order valence-corrected chi connectivity index (χ4v) is 2.56. The number of likely N-dealkylation sites (tertiary alicyclic amines) is 1. The second kappa shape index (κ2) is 3.32. The minimum atomic E-state index is -0.601. The van der Waals surface area contributed by atoms with Crippen LogP contribution in [-0.2, 0) is 15.1 Å². The number of hydrogen-bond acceptors (Lipinski definition) is 3. The Labute approximate surface area is 100 Å². The van der Waals surface area contributed by atoms with Crippen molar-refractivity contribution in [2.45, 2.75) is 19.4 Å². The lowest BCUT2D eigenvalue weighted by Crippen LogP contribution is -2.69. The minimum absolute atomic E-state index is 0.138. The number of rotatable bonds is 2. The maximum Gasteiger partial charge on any atom is 0.250 e. The summed E-state index contributed by atoms with van der Waals surface area (Å²) in [5.41, 5.74) is -0.328. The van der Waals surface area contributed by atoms with Crippen LogP contribution in [0.3, 0.4) is 0 Å². The van der Waals surface area contributed by atoms with Gasteiger partial charge in [0.05, 0.1) is 18.6 Å². The Morgan fingerprint density at radius 3 is 2.59 bits per heavy atom. The van der Waals surface area contributed by atoms with Gasteiger partial charge in [-0.25, -0.2) is 0 Å². The number of ether oxygens (including phenoxy) is 1. The van der Waals surface area contributed by atoms with Crippen LogP contribution in [0.25, 0.3) is 0 Å². The molecule has 0 bridgehead atoms. The van der Waals surface area contributed by atoms with Gasteiger partial charge in [-0.05, 0) is 19.9 Å². The van der Waals surface area contributed by atoms with Crippen molar-refractivity contribution in [3.05, 3.63) is 18.5 Å². The van der Waals surface area contributed by atoms with Crippen molar-refractivity contribution in [3.63, 3.8) is 0 Å². The molecule has 3 rings (SSSR count). The molecule has 17 heavy (non-hydrogen) atoms. The third kappa shape index (κ3) is 1.49. The smallest absolute Gasteiger partial charge is 0.250 e. The molecule has 0 unspecified atom stereocenters. The molecule has 0 aromatic carbocycles. The molecule has 1 aromatic rings. The average Bonchev–Trinajstić information content (AvgIpc) is 2.65. The summed E-state index contributed by atoms with van der Waals surface area (Å²) in [7, 11) is 0. The number of amides is 1. The van der Waals surface area contributed by atoms with Gasteiger partial charge in [-0.2, -0.15) is 5.10 Å². The highest BCUT2D eigenvalue weighted by molar-refractivity contribution is 5.84. The molecule has 0 aliphatic carbocycles. The first kappa shape index (κ1) is 10.8. The third-order valence-electron chi connectivity index (χ3n) is 3.76. The van der Waals surface area contributed by atoms with Crippen molar-refractivity contribution in [1.82, 2.24) is 14.7 Å². The van der Waals surface area contributed by atoms with Gasteiger partial charge in [0.1, 0.15) is 5.54 Å². The van der Waals surface area contributed by atoms with Crippen LogP contribution in [0.4, 0.5) is 0 Å². The van der Waals surface area contributed by atoms with E-state index in [-0.39, 0.29) is 11.3 Å². The van der Waals surface area contributed by atoms with E-state index in [0.717, 1.165) is 26.3 Å². The number of carbonyl (C=O) groups excluding carboxylic acids is 1. The second-order valence-electron chi connectivity index (χ2n) is 5.66. The Balaban J connectivity index is 1.70. The fourth-order valence-electron chi connectivity index (χ4n) is 2.56. The van der Waals surface area contributed by atoms with Crippen LogP contribution >= 0.6 is 0 Å². The first-order valence-electron chi connectivity index (χ1n) is 5.91. The van der Waals surface area contributed by atoms with Gasteiger partial charge < -0.3 is 9.64 Å². The highest BCUT2D eigenvalue weighted by atomic mass is 16.5. The Morgan fingerprint density at radius 2 is 2.12 bits per heavy atom. The zero-order valence-electron chi connectivity index (χ0n) is 10.2. The van der Waals surface area contributed by atoms with Gasteiger partial charge in [0.2, 0.25) is 5.91 Å². The second-order valence-corrected chi connectivity index (χ2v) is 5.66. The van der Waals surface area contributed by atoms with E-state index in [1.54, 1.807) is 10.9 Å². The van der Waals surface area contributed by atoms with Crippen LogP contribution in [0.2, 0.25) is 0 Å². The normalized spacial score (nSPS) is 22.1. The predicted octanol–water partition coefficient (Wildman–Crippen LogP) is 0.477. The van der Waals surface area contributed by atoms with Crippen molar-refractivity contribution < 1.29 is 9.53 Å². The molecular formula is C12H17N3O2. The summed E-state index contributed by atoms with van der Waals surface area (Å²) in [4.78, 5) is 14.3. The van der Waals surface area contributed by atoms with E-state index in [1.807, 2.05) is 31.0 Å². The van der Waals surface area contributed by atoms with E-state index in [2.05, 4.69) is 5.10 Å². The molecule has 2 aliphatic heterocycles. The van der Waals surface area contributed by atoms with Gasteiger partial charge in [0, 0.05) is 25.5 Å². The maximum absolute atomic E-state index is 12.4. The van der Waals surface area contributed by atoms with Crippen molar-refractivity contribution in [3.8, 4) is 0 Å². The van der Waals surface area contributed by atoms with Crippen LogP contribution in [-0.4, -0.2) is 46.9 Å². The van der Waals surface area contributed by atoms with E-state index in [0.29, 0.717) is 0 Å². The Morgan fingerprint density at radius 1 is 1.41 bits per heavy atom. The Bertz CT molecular complexity index is 427. The quantitative estimate of drug-likeness (QED) is 0.749. The van der Waals surface area contributed by atoms with E-state index in [4.69, 9.17) is 4.74 Å². The molecule has 0 saturated carbocycles. The standard InChI is InChI=1S/C12H17N3O2/c1-11(2,15-5-3-4-13-15)10(16)14-6-12(7-14)8-17-9-12/h3-5H,6-9H2,1-2H3. The van der Waals surface area contributed by atoms with Gasteiger partial charge in [0.15, 0.2) is 0 Å². The lowest BCUT2D eigenvalue weighted by molar-refractivity contribution is -0.199. The van der Waals surface area contributed by atoms with Gasteiger partial charge >= 0.3 is 0 Å². The molecule has 1 aromatic heterocycles. The van der Waals surface area contributed by atoms with Crippen LogP contribution in [0.1, 0.15) is 13.8 Å². The molecule has 2 saturated heterocycles. The molecule has 3 heterocycles. The lowest BCUT2D eigenvalue weighted by atomic mass is 9.77. The van der Waals surface area contributed by atoms with E-state index in [1.165, 1.54) is 0 Å². The molecule has 5 nitrogen and oxygen atoms in total. The monoisotopic (exact) mass is 235 g/mol. The summed E-state index contributed by atoms with van der Waals surface area (Å²) in [5.74, 6) is 0.138. The average molecular weight is 235 g/mol. The summed E-state index contributed by atoms with van der Waals surface area (Å²) in [6.07, 6.45) is 3.53. The Hall–Kier alpha value is -1.36. The number of aromatic nitrogens is 2. The molecule has 1 amide bonds. The van der Waals surface area contributed by atoms with E-state index >= 15 is 0 Å². The number of nitrogens with zero attached hydrogens (tertiary/aromatic N) is 3. The summed E-state index contributed by atoms with van der Waals surface area (Å²) in [6.45, 7) is 7.08. The summed E-state index contributed by atoms with van der Waals surface area (Å²) < 4.78 is 6.93. The van der Waals surface area contributed by atoms with Gasteiger partial charge in [-0.15, -0.1) is 0 Å². The highest BCUT2D eigenvalue weighted by Gasteiger charge is 2.52. The summed E-state index contributed by atoms with van der Waals surface area (Å²) in [6, 6.07) is 1.84. The molecular weight excluding hydrogens is 218 g/mol. The number of carbonyl (C=O) groups is 1. The molecule has 0 radical (unpaired) electrons. The predicted molar refractivity (Wildman–Crippen MR) is 61.4 cm³/mol. The van der Waals surface area contributed by atoms with Gasteiger partial charge in [-0.1, -0.05) is 0 Å². The zero-order valence-corrected chi connectivity index (χ0v) is 10.2. The van der Waals surface area contributed by atoms with Crippen LogP contribution < -0.4 is 0 Å². The van der Waals surface area contributed by atoms with Crippen molar-refractivity contribution in [2.75, 3.05) is 26.3 Å². The van der Waals surface area contributed by atoms with Crippen molar-refractivity contribution in [2.24, 2.45) is 5.41 Å². The first-order valence-corrected chi connectivity index (χ1v) is 5.91. The summed E-state index contributed by atoms with van der Waals surface area (Å²) in [5, 5.41) is 4.16. The number of hydrogen-bond donors (Lipinski definition) is 0. The molecule has 2 fully saturated rings. The molecule has 0 N–H and O–H groups in total. The topological polar surface area (TPSA) is 47.4 Å². The van der Waals surface area contributed by atoms with Gasteiger partial charge in [-0.3, -0.25) is 9.48 Å². The van der Waals surface area contributed by atoms with Crippen LogP contribution in [0.15, 0.2) is 18.5 Å².